The minimum absolute atomic E-state index is 0.296. The van der Waals surface area contributed by atoms with Crippen LogP contribution in [0.4, 0.5) is 22.0 Å². The van der Waals surface area contributed by atoms with Crippen molar-refractivity contribution in [3.8, 4) is 5.75 Å². The number of hydrogen-bond acceptors (Lipinski definition) is 1. The monoisotopic (exact) mass is 494 g/mol. The minimum Gasteiger partial charge on any atom is -0.429 e. The third-order valence-electron chi connectivity index (χ3n) is 8.36. The van der Waals surface area contributed by atoms with Crippen LogP contribution in [0.2, 0.25) is 0 Å². The molecule has 35 heavy (non-hydrogen) atoms. The first-order chi connectivity index (χ1) is 16.5. The van der Waals surface area contributed by atoms with Crippen LogP contribution in [0.15, 0.2) is 24.3 Å². The van der Waals surface area contributed by atoms with Crippen molar-refractivity contribution in [2.75, 3.05) is 0 Å². The van der Waals surface area contributed by atoms with Gasteiger partial charge in [-0.25, -0.2) is 13.2 Å². The molecule has 2 fully saturated rings. The van der Waals surface area contributed by atoms with E-state index in [0.29, 0.717) is 29.0 Å². The van der Waals surface area contributed by atoms with Gasteiger partial charge in [0.1, 0.15) is 28.8 Å². The van der Waals surface area contributed by atoms with Crippen molar-refractivity contribution in [2.24, 2.45) is 23.7 Å². The number of benzene rings is 2. The van der Waals surface area contributed by atoms with Crippen molar-refractivity contribution >= 4 is 0 Å². The predicted molar refractivity (Wildman–Crippen MR) is 127 cm³/mol. The smallest absolute Gasteiger partial charge is 0.429 e. The summed E-state index contributed by atoms with van der Waals surface area (Å²) < 4.78 is 77.5. The van der Waals surface area contributed by atoms with Gasteiger partial charge in [0.25, 0.3) is 0 Å². The molecule has 4 rings (SSSR count). The van der Waals surface area contributed by atoms with Gasteiger partial charge in [-0.3, -0.25) is 0 Å². The number of halogens is 5. The Morgan fingerprint density at radius 3 is 1.86 bits per heavy atom. The normalized spacial score (nSPS) is 25.5. The first kappa shape index (κ1) is 26.0. The van der Waals surface area contributed by atoms with E-state index in [1.165, 1.54) is 38.7 Å². The van der Waals surface area contributed by atoms with Crippen LogP contribution in [0, 0.1) is 55.0 Å². The first-order valence-electron chi connectivity index (χ1n) is 12.9. The highest BCUT2D eigenvalue weighted by atomic mass is 19.3. The zero-order chi connectivity index (χ0) is 25.3. The molecule has 2 saturated carbocycles. The Balaban J connectivity index is 1.40. The summed E-state index contributed by atoms with van der Waals surface area (Å²) in [5.41, 5.74) is -0.369. The predicted octanol–water partition coefficient (Wildman–Crippen LogP) is 9.02. The molecule has 2 aromatic carbocycles. The van der Waals surface area contributed by atoms with Crippen LogP contribution in [-0.2, 0) is 12.5 Å². The Morgan fingerprint density at radius 1 is 0.771 bits per heavy atom. The third kappa shape index (κ3) is 6.00. The van der Waals surface area contributed by atoms with E-state index in [2.05, 4.69) is 11.7 Å². The van der Waals surface area contributed by atoms with Gasteiger partial charge in [0.05, 0.1) is 0 Å². The Kier molecular flexibility index (Phi) is 7.77. The molecule has 2 aliphatic carbocycles. The summed E-state index contributed by atoms with van der Waals surface area (Å²) in [5.74, 6) is -1.24. The number of rotatable bonds is 6. The summed E-state index contributed by atoms with van der Waals surface area (Å²) in [6.45, 7) is 5.37. The van der Waals surface area contributed by atoms with Crippen molar-refractivity contribution in [3.63, 3.8) is 0 Å². The Bertz CT molecular complexity index is 987. The lowest BCUT2D eigenvalue weighted by molar-refractivity contribution is -0.189. The van der Waals surface area contributed by atoms with E-state index in [9.17, 15) is 22.0 Å². The van der Waals surface area contributed by atoms with Crippen LogP contribution in [0.25, 0.3) is 0 Å². The van der Waals surface area contributed by atoms with E-state index in [1.807, 2.05) is 0 Å². The summed E-state index contributed by atoms with van der Waals surface area (Å²) in [7, 11) is 0. The van der Waals surface area contributed by atoms with Crippen LogP contribution in [0.3, 0.4) is 0 Å². The van der Waals surface area contributed by atoms with Crippen LogP contribution in [0.5, 0.6) is 5.75 Å². The molecular weight excluding hydrogens is 459 g/mol. The minimum atomic E-state index is -4.28. The van der Waals surface area contributed by atoms with Gasteiger partial charge in [0.15, 0.2) is 0 Å². The molecular formula is C29H35F5O. The fourth-order valence-electron chi connectivity index (χ4n) is 6.02. The maximum atomic E-state index is 14.7. The summed E-state index contributed by atoms with van der Waals surface area (Å²) in [6.07, 6.45) is 5.67. The maximum absolute atomic E-state index is 14.7. The molecule has 2 aromatic rings. The van der Waals surface area contributed by atoms with E-state index in [0.717, 1.165) is 61.6 Å². The number of ether oxygens (including phenoxy) is 1. The maximum Gasteiger partial charge on any atom is 0.432 e. The second-order valence-electron chi connectivity index (χ2n) is 10.9. The van der Waals surface area contributed by atoms with Crippen molar-refractivity contribution in [1.29, 1.82) is 0 Å². The molecule has 0 spiro atoms. The standard InChI is InChI=1S/C29H35F5O/c1-17-4-8-22(9-5-17)23-10-6-20(7-11-23)13-21-14-26(31)28(27(32)15-21)29(33,34)35-24-12-18(2)19(3)25(30)16-24/h12,14-17,20,22-23H,4-11,13H2,1-3H3. The third-order valence-corrected chi connectivity index (χ3v) is 8.36. The summed E-state index contributed by atoms with van der Waals surface area (Å²) in [6, 6.07) is 4.00. The quantitative estimate of drug-likeness (QED) is 0.364. The van der Waals surface area contributed by atoms with Crippen molar-refractivity contribution < 1.29 is 26.7 Å². The highest BCUT2D eigenvalue weighted by molar-refractivity contribution is 5.36. The van der Waals surface area contributed by atoms with Crippen LogP contribution in [0.1, 0.15) is 80.5 Å². The van der Waals surface area contributed by atoms with Gasteiger partial charge in [-0.1, -0.05) is 19.8 Å². The average Bonchev–Trinajstić information content (AvgIpc) is 2.77. The fraction of sp³-hybridized carbons (Fsp3) is 0.586. The molecule has 0 heterocycles. The van der Waals surface area contributed by atoms with Gasteiger partial charge in [0.2, 0.25) is 0 Å². The fourth-order valence-corrected chi connectivity index (χ4v) is 6.02. The lowest BCUT2D eigenvalue weighted by Gasteiger charge is -2.37. The Hall–Kier alpha value is -2.11. The molecule has 0 saturated heterocycles. The van der Waals surface area contributed by atoms with E-state index in [-0.39, 0.29) is 0 Å². The first-order valence-corrected chi connectivity index (χ1v) is 12.9. The van der Waals surface area contributed by atoms with Crippen molar-refractivity contribution in [2.45, 2.75) is 84.7 Å². The van der Waals surface area contributed by atoms with Gasteiger partial charge in [-0.2, -0.15) is 8.78 Å². The number of alkyl halides is 2. The summed E-state index contributed by atoms with van der Waals surface area (Å²) in [5, 5.41) is 0. The lowest BCUT2D eigenvalue weighted by Crippen LogP contribution is -2.26. The largest absolute Gasteiger partial charge is 0.432 e. The molecule has 0 unspecified atom stereocenters. The molecule has 0 bridgehead atoms. The molecule has 0 aliphatic heterocycles. The molecule has 0 amide bonds. The van der Waals surface area contributed by atoms with E-state index in [1.54, 1.807) is 6.92 Å². The zero-order valence-electron chi connectivity index (χ0n) is 20.8. The highest BCUT2D eigenvalue weighted by Crippen LogP contribution is 2.42. The van der Waals surface area contributed by atoms with Crippen LogP contribution < -0.4 is 4.74 Å². The molecule has 2 aliphatic rings. The van der Waals surface area contributed by atoms with Gasteiger partial charge < -0.3 is 4.74 Å². The van der Waals surface area contributed by atoms with Gasteiger partial charge >= 0.3 is 6.11 Å². The Morgan fingerprint density at radius 2 is 1.31 bits per heavy atom. The van der Waals surface area contributed by atoms with Crippen molar-refractivity contribution in [3.05, 3.63) is 64.0 Å². The molecule has 0 atom stereocenters. The van der Waals surface area contributed by atoms with Crippen molar-refractivity contribution in [1.82, 2.24) is 0 Å². The SMILES string of the molecule is Cc1cc(OC(F)(F)c2c(F)cc(CC3CCC(C4CCC(C)CC4)CC3)cc2F)cc(F)c1C. The number of hydrogen-bond donors (Lipinski definition) is 0. The second-order valence-corrected chi connectivity index (χ2v) is 10.9. The topological polar surface area (TPSA) is 9.23 Å². The van der Waals surface area contributed by atoms with Crippen LogP contribution >= 0.6 is 0 Å². The number of aryl methyl sites for hydroxylation is 1. The molecule has 6 heteroatoms. The molecule has 192 valence electrons. The van der Waals surface area contributed by atoms with E-state index in [4.69, 9.17) is 0 Å². The second kappa shape index (κ2) is 10.5. The van der Waals surface area contributed by atoms with E-state index >= 15 is 0 Å². The van der Waals surface area contributed by atoms with Crippen LogP contribution in [-0.4, -0.2) is 0 Å². The molecule has 0 aromatic heterocycles. The zero-order valence-corrected chi connectivity index (χ0v) is 20.8. The average molecular weight is 495 g/mol. The molecule has 1 nitrogen and oxygen atoms in total. The van der Waals surface area contributed by atoms with Gasteiger partial charge in [-0.15, -0.1) is 0 Å². The molecule has 0 radical (unpaired) electrons. The molecule has 0 N–H and O–H groups in total. The summed E-state index contributed by atoms with van der Waals surface area (Å²) in [4.78, 5) is 0. The van der Waals surface area contributed by atoms with Gasteiger partial charge in [-0.05, 0) is 117 Å². The van der Waals surface area contributed by atoms with Gasteiger partial charge in [0, 0.05) is 6.07 Å². The lowest BCUT2D eigenvalue weighted by atomic mass is 9.69. The highest BCUT2D eigenvalue weighted by Gasteiger charge is 2.41. The Labute approximate surface area is 205 Å². The van der Waals surface area contributed by atoms with E-state index < -0.39 is 34.9 Å². The summed E-state index contributed by atoms with van der Waals surface area (Å²) >= 11 is 0.